The smallest absolute Gasteiger partial charge is 0.410 e. The second kappa shape index (κ2) is 7.58. The van der Waals surface area contributed by atoms with Gasteiger partial charge in [-0.25, -0.2) is 4.79 Å². The van der Waals surface area contributed by atoms with Crippen LogP contribution in [-0.2, 0) is 9.53 Å². The van der Waals surface area contributed by atoms with Crippen LogP contribution in [0.2, 0.25) is 0 Å². The fraction of sp³-hybridized carbons (Fsp3) is 0.789. The lowest BCUT2D eigenvalue weighted by atomic mass is 9.85. The summed E-state index contributed by atoms with van der Waals surface area (Å²) < 4.78 is 5.54. The number of carbonyl (C=O) groups excluding carboxylic acids is 2. The van der Waals surface area contributed by atoms with Gasteiger partial charge in [-0.05, 0) is 46.5 Å². The van der Waals surface area contributed by atoms with Gasteiger partial charge in [0.15, 0.2) is 0 Å². The third-order valence-electron chi connectivity index (χ3n) is 5.03. The first-order chi connectivity index (χ1) is 11.2. The maximum Gasteiger partial charge on any atom is 0.410 e. The van der Waals surface area contributed by atoms with Crippen molar-refractivity contribution in [2.75, 3.05) is 19.6 Å². The van der Waals surface area contributed by atoms with Gasteiger partial charge in [0.1, 0.15) is 5.60 Å². The Morgan fingerprint density at radius 3 is 2.33 bits per heavy atom. The van der Waals surface area contributed by atoms with Crippen LogP contribution in [0.1, 0.15) is 53.4 Å². The standard InChI is InChI=1S/C19H32N2O3/c1-6-15(14(2)17(22)20-11-7-8-12-20)16-10-9-13-21(16)18(23)24-19(3,4)5/h6,14-16H,1,7-13H2,2-5H3/t14-,15+,16-/m1/s1. The molecule has 0 spiro atoms. The van der Waals surface area contributed by atoms with Crippen molar-refractivity contribution in [1.29, 1.82) is 0 Å². The van der Waals surface area contributed by atoms with Crippen molar-refractivity contribution < 1.29 is 14.3 Å². The number of nitrogens with zero attached hydrogens (tertiary/aromatic N) is 2. The van der Waals surface area contributed by atoms with Crippen molar-refractivity contribution in [2.45, 2.75) is 65.0 Å². The molecule has 5 nitrogen and oxygen atoms in total. The Bertz CT molecular complexity index is 477. The molecule has 136 valence electrons. The lowest BCUT2D eigenvalue weighted by Gasteiger charge is -2.35. The summed E-state index contributed by atoms with van der Waals surface area (Å²) in [7, 11) is 0. The predicted octanol–water partition coefficient (Wildman–Crippen LogP) is 3.45. The molecule has 2 heterocycles. The van der Waals surface area contributed by atoms with Gasteiger partial charge in [0.25, 0.3) is 0 Å². The van der Waals surface area contributed by atoms with E-state index < -0.39 is 5.60 Å². The average Bonchev–Trinajstić information content (AvgIpc) is 3.17. The number of likely N-dealkylation sites (tertiary alicyclic amines) is 2. The van der Waals surface area contributed by atoms with Crippen LogP contribution in [0.3, 0.4) is 0 Å². The maximum absolute atomic E-state index is 12.8. The molecule has 5 heteroatoms. The molecular weight excluding hydrogens is 304 g/mol. The molecule has 2 fully saturated rings. The molecule has 0 bridgehead atoms. The molecular formula is C19H32N2O3. The molecule has 0 unspecified atom stereocenters. The molecule has 0 radical (unpaired) electrons. The monoisotopic (exact) mass is 336 g/mol. The highest BCUT2D eigenvalue weighted by Crippen LogP contribution is 2.32. The van der Waals surface area contributed by atoms with Crippen molar-refractivity contribution in [2.24, 2.45) is 11.8 Å². The zero-order valence-corrected chi connectivity index (χ0v) is 15.6. The summed E-state index contributed by atoms with van der Waals surface area (Å²) in [4.78, 5) is 29.0. The molecule has 0 aliphatic carbocycles. The summed E-state index contributed by atoms with van der Waals surface area (Å²) in [5.74, 6) is -0.00445. The fourth-order valence-corrected chi connectivity index (χ4v) is 3.82. The van der Waals surface area contributed by atoms with Crippen molar-refractivity contribution >= 4 is 12.0 Å². The minimum absolute atomic E-state index is 0.00102. The largest absolute Gasteiger partial charge is 0.444 e. The second-order valence-electron chi connectivity index (χ2n) is 8.02. The first-order valence-electron chi connectivity index (χ1n) is 9.15. The SMILES string of the molecule is C=C[C@H]([C@H]1CCCN1C(=O)OC(C)(C)C)[C@@H](C)C(=O)N1CCCC1. The average molecular weight is 336 g/mol. The van der Waals surface area contributed by atoms with E-state index in [-0.39, 0.29) is 29.9 Å². The van der Waals surface area contributed by atoms with E-state index in [1.165, 1.54) is 0 Å². The molecule has 0 aromatic rings. The van der Waals surface area contributed by atoms with Gasteiger partial charge in [-0.15, -0.1) is 6.58 Å². The van der Waals surface area contributed by atoms with Crippen LogP contribution in [-0.4, -0.2) is 53.1 Å². The van der Waals surface area contributed by atoms with Gasteiger partial charge >= 0.3 is 6.09 Å². The van der Waals surface area contributed by atoms with Gasteiger partial charge in [0.2, 0.25) is 5.91 Å². The van der Waals surface area contributed by atoms with Gasteiger partial charge in [-0.2, -0.15) is 0 Å². The third-order valence-corrected chi connectivity index (χ3v) is 5.03. The molecule has 0 N–H and O–H groups in total. The molecule has 2 amide bonds. The minimum atomic E-state index is -0.509. The molecule has 0 saturated carbocycles. The van der Waals surface area contributed by atoms with Gasteiger partial charge < -0.3 is 14.5 Å². The van der Waals surface area contributed by atoms with E-state index in [9.17, 15) is 9.59 Å². The Balaban J connectivity index is 2.08. The van der Waals surface area contributed by atoms with Gasteiger partial charge in [-0.1, -0.05) is 13.0 Å². The maximum atomic E-state index is 12.8. The van der Waals surface area contributed by atoms with Crippen LogP contribution in [0.4, 0.5) is 4.79 Å². The summed E-state index contributed by atoms with van der Waals surface area (Å²) in [5.41, 5.74) is -0.509. The van der Waals surface area contributed by atoms with E-state index in [0.29, 0.717) is 6.54 Å². The van der Waals surface area contributed by atoms with Crippen molar-refractivity contribution in [3.8, 4) is 0 Å². The molecule has 3 atom stereocenters. The van der Waals surface area contributed by atoms with E-state index >= 15 is 0 Å². The van der Waals surface area contributed by atoms with Crippen molar-refractivity contribution in [1.82, 2.24) is 9.80 Å². The third kappa shape index (κ3) is 4.31. The van der Waals surface area contributed by atoms with Crippen LogP contribution in [0.25, 0.3) is 0 Å². The van der Waals surface area contributed by atoms with E-state index in [0.717, 1.165) is 38.8 Å². The Kier molecular flexibility index (Phi) is 5.94. The quantitative estimate of drug-likeness (QED) is 0.739. The van der Waals surface area contributed by atoms with Crippen LogP contribution >= 0.6 is 0 Å². The van der Waals surface area contributed by atoms with Crippen LogP contribution < -0.4 is 0 Å². The van der Waals surface area contributed by atoms with Gasteiger partial charge in [0, 0.05) is 37.5 Å². The summed E-state index contributed by atoms with van der Waals surface area (Å²) in [6.45, 7) is 14.0. The van der Waals surface area contributed by atoms with Gasteiger partial charge in [-0.3, -0.25) is 4.79 Å². The molecule has 2 saturated heterocycles. The highest BCUT2D eigenvalue weighted by atomic mass is 16.6. The number of amides is 2. The zero-order chi connectivity index (χ0) is 17.9. The van der Waals surface area contributed by atoms with Crippen LogP contribution in [0.5, 0.6) is 0 Å². The topological polar surface area (TPSA) is 49.9 Å². The van der Waals surface area contributed by atoms with Crippen molar-refractivity contribution in [3.05, 3.63) is 12.7 Å². The van der Waals surface area contributed by atoms with E-state index in [1.807, 2.05) is 38.7 Å². The van der Waals surface area contributed by atoms with Crippen molar-refractivity contribution in [3.63, 3.8) is 0 Å². The van der Waals surface area contributed by atoms with E-state index in [1.54, 1.807) is 4.90 Å². The molecule has 2 rings (SSSR count). The molecule has 0 aromatic carbocycles. The number of rotatable bonds is 4. The molecule has 0 aromatic heterocycles. The summed E-state index contributed by atoms with van der Waals surface area (Å²) in [6, 6.07) is -0.00102. The Morgan fingerprint density at radius 1 is 1.17 bits per heavy atom. The first kappa shape index (κ1) is 18.8. The van der Waals surface area contributed by atoms with Gasteiger partial charge in [0.05, 0.1) is 0 Å². The summed E-state index contributed by atoms with van der Waals surface area (Å²) in [5, 5.41) is 0. The van der Waals surface area contributed by atoms with Crippen LogP contribution in [0, 0.1) is 11.8 Å². The second-order valence-corrected chi connectivity index (χ2v) is 8.02. The molecule has 2 aliphatic heterocycles. The summed E-state index contributed by atoms with van der Waals surface area (Å²) >= 11 is 0. The number of hydrogen-bond donors (Lipinski definition) is 0. The number of carbonyl (C=O) groups is 2. The lowest BCUT2D eigenvalue weighted by molar-refractivity contribution is -0.135. The first-order valence-corrected chi connectivity index (χ1v) is 9.15. The molecule has 2 aliphatic rings. The van der Waals surface area contributed by atoms with E-state index in [4.69, 9.17) is 4.74 Å². The van der Waals surface area contributed by atoms with Crippen LogP contribution in [0.15, 0.2) is 12.7 Å². The summed E-state index contributed by atoms with van der Waals surface area (Å²) in [6.07, 6.45) is 5.59. The fourth-order valence-electron chi connectivity index (χ4n) is 3.82. The lowest BCUT2D eigenvalue weighted by Crippen LogP contribution is -2.46. The highest BCUT2D eigenvalue weighted by molar-refractivity contribution is 5.79. The minimum Gasteiger partial charge on any atom is -0.444 e. The molecule has 24 heavy (non-hydrogen) atoms. The predicted molar refractivity (Wildman–Crippen MR) is 94.6 cm³/mol. The Hall–Kier alpha value is -1.52. The number of hydrogen-bond acceptors (Lipinski definition) is 3. The Labute approximate surface area is 146 Å². The Morgan fingerprint density at radius 2 is 1.79 bits per heavy atom. The number of ether oxygens (including phenoxy) is 1. The zero-order valence-electron chi connectivity index (χ0n) is 15.6. The normalized spacial score (nSPS) is 23.9. The highest BCUT2D eigenvalue weighted by Gasteiger charge is 2.40. The van der Waals surface area contributed by atoms with E-state index in [2.05, 4.69) is 6.58 Å².